The smallest absolute Gasteiger partial charge is 0.406 e. The van der Waals surface area contributed by atoms with Gasteiger partial charge in [-0.05, 0) is 66.8 Å². The Morgan fingerprint density at radius 3 is 2.40 bits per heavy atom. The Kier molecular flexibility index (Phi) is 9.19. The Morgan fingerprint density at radius 1 is 1.04 bits per heavy atom. The molecule has 9 nitrogen and oxygen atoms in total. The lowest BCUT2D eigenvalue weighted by molar-refractivity contribution is -0.274. The van der Waals surface area contributed by atoms with Crippen molar-refractivity contribution in [3.05, 3.63) is 106 Å². The highest BCUT2D eigenvalue weighted by Gasteiger charge is 2.31. The highest BCUT2D eigenvalue weighted by Crippen LogP contribution is 2.28. The molecule has 0 saturated heterocycles. The summed E-state index contributed by atoms with van der Waals surface area (Å²) in [7, 11) is 0. The van der Waals surface area contributed by atoms with E-state index in [2.05, 4.69) is 58.0 Å². The molecule has 2 N–H and O–H groups in total. The zero-order chi connectivity index (χ0) is 32.3. The molecule has 0 spiro atoms. The summed E-state index contributed by atoms with van der Waals surface area (Å²) in [6, 6.07) is 19.6. The first-order valence-electron chi connectivity index (χ1n) is 14.0. The molecule has 0 saturated carbocycles. The first kappa shape index (κ1) is 31.6. The molecule has 2 atom stereocenters. The third kappa shape index (κ3) is 7.31. The lowest BCUT2D eigenvalue weighted by Gasteiger charge is -2.18. The Morgan fingerprint density at radius 2 is 1.76 bits per heavy atom. The number of hydrogen-bond acceptors (Lipinski definition) is 8. The van der Waals surface area contributed by atoms with Gasteiger partial charge >= 0.3 is 6.36 Å². The van der Waals surface area contributed by atoms with Crippen molar-refractivity contribution in [1.29, 1.82) is 5.26 Å². The third-order valence-electron chi connectivity index (χ3n) is 7.00. The maximum absolute atomic E-state index is 12.4. The highest BCUT2D eigenvalue weighted by molar-refractivity contribution is 7.07. The number of rotatable bonds is 9. The Bertz CT molecular complexity index is 1890. The van der Waals surface area contributed by atoms with Crippen LogP contribution >= 0.6 is 11.3 Å². The molecule has 0 bridgehead atoms. The van der Waals surface area contributed by atoms with Crippen molar-refractivity contribution in [2.45, 2.75) is 52.4 Å². The molecule has 13 heteroatoms. The maximum Gasteiger partial charge on any atom is 0.573 e. The average Bonchev–Trinajstić information content (AvgIpc) is 3.62. The SMILES string of the molecule is Cc1cccc(-n2c(C)cs/c2=N\C(O)NC(C#N)c2ccc(-c3ncn(-c4ccc(OC(F)(F)F)cc4)n3)cc2)c1C(C)C. The number of thiazole rings is 1. The first-order valence-corrected chi connectivity index (χ1v) is 14.8. The average molecular weight is 634 g/mol. The summed E-state index contributed by atoms with van der Waals surface area (Å²) in [5, 5.41) is 30.0. The molecule has 5 aromatic rings. The molecule has 5 rings (SSSR count). The van der Waals surface area contributed by atoms with Gasteiger partial charge in [-0.25, -0.2) is 14.7 Å². The number of halogens is 3. The van der Waals surface area contributed by atoms with Crippen molar-refractivity contribution >= 4 is 11.3 Å². The van der Waals surface area contributed by atoms with Gasteiger partial charge in [0, 0.05) is 16.6 Å². The monoisotopic (exact) mass is 633 g/mol. The molecule has 0 aliphatic carbocycles. The van der Waals surface area contributed by atoms with Crippen LogP contribution in [-0.4, -0.2) is 37.2 Å². The number of nitrogens with one attached hydrogen (secondary N) is 1. The second-order valence-corrected chi connectivity index (χ2v) is 11.4. The van der Waals surface area contributed by atoms with Gasteiger partial charge in [-0.3, -0.25) is 9.88 Å². The minimum absolute atomic E-state index is 0.284. The van der Waals surface area contributed by atoms with E-state index in [-0.39, 0.29) is 11.7 Å². The predicted molar refractivity (Wildman–Crippen MR) is 164 cm³/mol. The quantitative estimate of drug-likeness (QED) is 0.180. The minimum atomic E-state index is -4.77. The van der Waals surface area contributed by atoms with E-state index in [4.69, 9.17) is 0 Å². The minimum Gasteiger partial charge on any atom is -0.406 e. The van der Waals surface area contributed by atoms with Crippen molar-refractivity contribution in [1.82, 2.24) is 24.6 Å². The number of hydrogen-bond donors (Lipinski definition) is 2. The number of aryl methyl sites for hydroxylation is 2. The van der Waals surface area contributed by atoms with Crippen molar-refractivity contribution in [3.8, 4) is 34.6 Å². The van der Waals surface area contributed by atoms with E-state index < -0.39 is 18.8 Å². The zero-order valence-electron chi connectivity index (χ0n) is 24.8. The fraction of sp³-hybridized carbons (Fsp3) is 0.250. The van der Waals surface area contributed by atoms with Crippen LogP contribution in [0.5, 0.6) is 5.75 Å². The molecule has 0 aliphatic heterocycles. The van der Waals surface area contributed by atoms with Gasteiger partial charge in [-0.15, -0.1) is 29.6 Å². The van der Waals surface area contributed by atoms with E-state index in [1.165, 1.54) is 57.7 Å². The van der Waals surface area contributed by atoms with E-state index in [0.717, 1.165) is 11.4 Å². The second-order valence-electron chi connectivity index (χ2n) is 10.6. The van der Waals surface area contributed by atoms with Crippen LogP contribution in [0.15, 0.2) is 83.4 Å². The number of ether oxygens (including phenoxy) is 1. The molecule has 0 radical (unpaired) electrons. The Balaban J connectivity index is 1.31. The molecule has 0 amide bonds. The van der Waals surface area contributed by atoms with Gasteiger partial charge in [0.2, 0.25) is 6.35 Å². The predicted octanol–water partition coefficient (Wildman–Crippen LogP) is 6.46. The van der Waals surface area contributed by atoms with Gasteiger partial charge in [0.05, 0.1) is 17.4 Å². The molecule has 45 heavy (non-hydrogen) atoms. The molecule has 0 fully saturated rings. The highest BCUT2D eigenvalue weighted by atomic mass is 32.1. The first-order chi connectivity index (χ1) is 21.4. The number of nitriles is 1. The number of aliphatic hydroxyl groups is 1. The van der Waals surface area contributed by atoms with E-state index in [1.54, 1.807) is 24.3 Å². The van der Waals surface area contributed by atoms with E-state index in [1.807, 2.05) is 29.0 Å². The molecule has 2 unspecified atom stereocenters. The Labute approximate surface area is 261 Å². The van der Waals surface area contributed by atoms with E-state index >= 15 is 0 Å². The lowest BCUT2D eigenvalue weighted by atomic mass is 9.96. The van der Waals surface area contributed by atoms with Crippen LogP contribution in [-0.2, 0) is 0 Å². The third-order valence-corrected chi connectivity index (χ3v) is 7.96. The Hall–Kier alpha value is -4.77. The fourth-order valence-electron chi connectivity index (χ4n) is 5.03. The summed E-state index contributed by atoms with van der Waals surface area (Å²) >= 11 is 1.40. The van der Waals surface area contributed by atoms with Gasteiger partial charge in [-0.1, -0.05) is 50.2 Å². The summed E-state index contributed by atoms with van der Waals surface area (Å²) < 4.78 is 44.7. The molecule has 232 valence electrons. The van der Waals surface area contributed by atoms with E-state index in [0.29, 0.717) is 27.4 Å². The number of aliphatic hydroxyl groups excluding tert-OH is 1. The van der Waals surface area contributed by atoms with Crippen molar-refractivity contribution in [3.63, 3.8) is 0 Å². The number of benzene rings is 3. The largest absolute Gasteiger partial charge is 0.573 e. The van der Waals surface area contributed by atoms with Crippen molar-refractivity contribution < 1.29 is 23.0 Å². The normalized spacial score (nSPS) is 13.6. The maximum atomic E-state index is 12.4. The van der Waals surface area contributed by atoms with Gasteiger partial charge in [0.1, 0.15) is 18.1 Å². The molecule has 0 aliphatic rings. The van der Waals surface area contributed by atoms with Crippen LogP contribution in [0.4, 0.5) is 13.2 Å². The van der Waals surface area contributed by atoms with Gasteiger partial charge in [0.25, 0.3) is 0 Å². The fourth-order valence-corrected chi connectivity index (χ4v) is 5.92. The number of alkyl halides is 3. The number of aromatic nitrogens is 4. The molecule has 2 heterocycles. The van der Waals surface area contributed by atoms with Crippen LogP contribution in [0.25, 0.3) is 22.8 Å². The van der Waals surface area contributed by atoms with Crippen LogP contribution in [0.2, 0.25) is 0 Å². The van der Waals surface area contributed by atoms with Gasteiger partial charge in [0.15, 0.2) is 10.6 Å². The summed E-state index contributed by atoms with van der Waals surface area (Å²) in [4.78, 5) is 9.40. The lowest BCUT2D eigenvalue weighted by Crippen LogP contribution is -2.33. The standard InChI is InChI=1S/C32H30F3N7O2S/c1-19(2)28-20(3)6-5-7-27(28)42-21(4)17-45-31(42)39-30(43)38-26(16-36)22-8-10-23(11-9-22)29-37-18-41(40-29)24-12-14-25(15-13-24)44-32(33,34)35/h5-15,17-19,26,30,38,43H,1-4H3/b39-31-. The number of nitrogens with zero attached hydrogens (tertiary/aromatic N) is 6. The van der Waals surface area contributed by atoms with Crippen molar-refractivity contribution in [2.75, 3.05) is 0 Å². The second kappa shape index (κ2) is 13.1. The molecule has 3 aromatic carbocycles. The van der Waals surface area contributed by atoms with Gasteiger partial charge in [-0.2, -0.15) is 5.26 Å². The van der Waals surface area contributed by atoms with E-state index in [9.17, 15) is 23.5 Å². The summed E-state index contributed by atoms with van der Waals surface area (Å²) in [5.41, 5.74) is 6.12. The topological polar surface area (TPSA) is 113 Å². The molecular weight excluding hydrogens is 603 g/mol. The summed E-state index contributed by atoms with van der Waals surface area (Å²) in [5.74, 6) is 0.326. The van der Waals surface area contributed by atoms with Crippen LogP contribution in [0.3, 0.4) is 0 Å². The molecular formula is C32H30F3N7O2S. The summed E-state index contributed by atoms with van der Waals surface area (Å²) in [6.07, 6.45) is -4.68. The van der Waals surface area contributed by atoms with Crippen molar-refractivity contribution in [2.24, 2.45) is 4.99 Å². The molecule has 2 aromatic heterocycles. The van der Waals surface area contributed by atoms with Crippen LogP contribution < -0.4 is 14.9 Å². The van der Waals surface area contributed by atoms with Gasteiger partial charge < -0.3 is 9.84 Å². The van der Waals surface area contributed by atoms with Crippen LogP contribution in [0, 0.1) is 25.2 Å². The van der Waals surface area contributed by atoms with Crippen LogP contribution in [0.1, 0.15) is 48.2 Å². The summed E-state index contributed by atoms with van der Waals surface area (Å²) in [6.45, 7) is 8.36. The zero-order valence-corrected chi connectivity index (χ0v) is 25.6.